The normalized spacial score (nSPS) is 14.6. The number of amides is 1. The van der Waals surface area contributed by atoms with Gasteiger partial charge in [-0.2, -0.15) is 11.8 Å². The van der Waals surface area contributed by atoms with Gasteiger partial charge in [0.1, 0.15) is 5.01 Å². The lowest BCUT2D eigenvalue weighted by Gasteiger charge is -2.10. The first-order valence-electron chi connectivity index (χ1n) is 6.50. The lowest BCUT2D eigenvalue weighted by Crippen LogP contribution is -2.23. The summed E-state index contributed by atoms with van der Waals surface area (Å²) in [7, 11) is 0. The summed E-state index contributed by atoms with van der Waals surface area (Å²) < 4.78 is 0. The van der Waals surface area contributed by atoms with Gasteiger partial charge in [0.2, 0.25) is 11.0 Å². The number of hydrogen-bond acceptors (Lipinski definition) is 8. The minimum atomic E-state index is -0.403. The molecule has 1 amide bonds. The van der Waals surface area contributed by atoms with Gasteiger partial charge in [-0.25, -0.2) is 4.98 Å². The summed E-state index contributed by atoms with van der Waals surface area (Å²) in [6.07, 6.45) is 0. The van der Waals surface area contributed by atoms with E-state index in [0.29, 0.717) is 16.0 Å². The van der Waals surface area contributed by atoms with Crippen LogP contribution in [0.4, 0.5) is 5.13 Å². The summed E-state index contributed by atoms with van der Waals surface area (Å²) in [5, 5.41) is 11.8. The fourth-order valence-electron chi connectivity index (χ4n) is 1.87. The maximum Gasteiger partial charge on any atom is 0.255 e. The van der Waals surface area contributed by atoms with Crippen molar-refractivity contribution in [3.05, 3.63) is 26.6 Å². The minimum absolute atomic E-state index is 0.107. The van der Waals surface area contributed by atoms with Crippen LogP contribution in [-0.2, 0) is 16.3 Å². The second-order valence-corrected chi connectivity index (χ2v) is 8.16. The molecule has 0 saturated heterocycles. The number of carbonyl (C=O) groups excluding carboxylic acids is 1. The van der Waals surface area contributed by atoms with E-state index < -0.39 is 5.25 Å². The van der Waals surface area contributed by atoms with Crippen LogP contribution in [0.2, 0.25) is 0 Å². The van der Waals surface area contributed by atoms with E-state index in [1.165, 1.54) is 23.1 Å². The third-order valence-corrected chi connectivity index (χ3v) is 5.69. The van der Waals surface area contributed by atoms with Crippen LogP contribution >= 0.6 is 34.9 Å². The minimum Gasteiger partial charge on any atom is -0.301 e. The van der Waals surface area contributed by atoms with Crippen LogP contribution in [0.1, 0.15) is 23.2 Å². The summed E-state index contributed by atoms with van der Waals surface area (Å²) in [5.74, 6) is 1.26. The van der Waals surface area contributed by atoms with Crippen LogP contribution in [0.25, 0.3) is 0 Å². The summed E-state index contributed by atoms with van der Waals surface area (Å²) in [6, 6.07) is 0. The van der Waals surface area contributed by atoms with Crippen LogP contribution in [0, 0.1) is 6.92 Å². The van der Waals surface area contributed by atoms with Crippen molar-refractivity contribution < 1.29 is 4.79 Å². The number of aryl methyl sites for hydroxylation is 1. The van der Waals surface area contributed by atoms with Crippen LogP contribution in [0.15, 0.2) is 9.95 Å². The van der Waals surface area contributed by atoms with Gasteiger partial charge >= 0.3 is 0 Å². The van der Waals surface area contributed by atoms with Crippen LogP contribution in [0.5, 0.6) is 0 Å². The maximum atomic E-state index is 12.1. The van der Waals surface area contributed by atoms with Crippen molar-refractivity contribution in [2.75, 3.05) is 5.32 Å². The second-order valence-electron chi connectivity index (χ2n) is 4.66. The third kappa shape index (κ3) is 3.33. The van der Waals surface area contributed by atoms with E-state index in [9.17, 15) is 9.59 Å². The topological polar surface area (TPSA) is 101 Å². The Balaban J connectivity index is 1.69. The van der Waals surface area contributed by atoms with Gasteiger partial charge in [-0.1, -0.05) is 23.1 Å². The SMILES string of the molecule is Cc1nnc(NC(=O)C(C)Sc2nc3c(c(=O)[nH]2)CSC3)s1. The smallest absolute Gasteiger partial charge is 0.255 e. The van der Waals surface area contributed by atoms with Crippen LogP contribution in [0.3, 0.4) is 0 Å². The molecule has 2 aromatic rings. The van der Waals surface area contributed by atoms with Crippen molar-refractivity contribution in [2.24, 2.45) is 0 Å². The number of thioether (sulfide) groups is 2. The van der Waals surface area contributed by atoms with Crippen LogP contribution in [-0.4, -0.2) is 31.3 Å². The number of carbonyl (C=O) groups is 1. The predicted molar refractivity (Wildman–Crippen MR) is 88.5 cm³/mol. The molecule has 3 rings (SSSR count). The van der Waals surface area contributed by atoms with E-state index in [2.05, 4.69) is 25.5 Å². The number of fused-ring (bicyclic) bond motifs is 1. The molecular formula is C12H13N5O2S3. The number of aromatic amines is 1. The highest BCUT2D eigenvalue weighted by atomic mass is 32.2. The molecule has 7 nitrogen and oxygen atoms in total. The van der Waals surface area contributed by atoms with E-state index in [1.807, 2.05) is 6.92 Å². The van der Waals surface area contributed by atoms with Crippen molar-refractivity contribution in [1.29, 1.82) is 0 Å². The molecule has 0 aliphatic carbocycles. The van der Waals surface area contributed by atoms with Crippen molar-refractivity contribution in [2.45, 2.75) is 35.8 Å². The zero-order chi connectivity index (χ0) is 15.7. The molecule has 10 heteroatoms. The van der Waals surface area contributed by atoms with Gasteiger partial charge in [0.25, 0.3) is 5.56 Å². The van der Waals surface area contributed by atoms with Gasteiger partial charge in [0.05, 0.1) is 10.9 Å². The summed E-state index contributed by atoms with van der Waals surface area (Å²) >= 11 is 4.22. The lowest BCUT2D eigenvalue weighted by atomic mass is 10.3. The standard InChI is InChI=1S/C12H13N5O2S3/c1-5(9(18)14-12-17-16-6(2)22-12)21-11-13-8-4-20-3-7(8)10(19)15-11/h5H,3-4H2,1-2H3,(H,13,15,19)(H,14,17,18). The Labute approximate surface area is 138 Å². The molecule has 0 radical (unpaired) electrons. The van der Waals surface area contributed by atoms with E-state index in [1.54, 1.807) is 18.7 Å². The average Bonchev–Trinajstić information content (AvgIpc) is 3.08. The Morgan fingerprint density at radius 3 is 2.95 bits per heavy atom. The van der Waals surface area contributed by atoms with Gasteiger partial charge in [-0.15, -0.1) is 10.2 Å². The molecule has 0 bridgehead atoms. The second kappa shape index (κ2) is 6.39. The molecule has 116 valence electrons. The molecule has 0 aromatic carbocycles. The quantitative estimate of drug-likeness (QED) is 0.637. The first-order chi connectivity index (χ1) is 10.5. The van der Waals surface area contributed by atoms with E-state index >= 15 is 0 Å². The molecule has 0 saturated carbocycles. The summed E-state index contributed by atoms with van der Waals surface area (Å²) in [5.41, 5.74) is 1.46. The highest BCUT2D eigenvalue weighted by Crippen LogP contribution is 2.28. The Kier molecular flexibility index (Phi) is 4.50. The number of anilines is 1. The van der Waals surface area contributed by atoms with Crippen molar-refractivity contribution in [3.8, 4) is 0 Å². The van der Waals surface area contributed by atoms with Gasteiger partial charge in [0.15, 0.2) is 5.16 Å². The largest absolute Gasteiger partial charge is 0.301 e. The fourth-order valence-corrected chi connectivity index (χ4v) is 4.32. The molecule has 22 heavy (non-hydrogen) atoms. The Morgan fingerprint density at radius 1 is 1.41 bits per heavy atom. The van der Waals surface area contributed by atoms with Crippen molar-refractivity contribution >= 4 is 45.9 Å². The molecule has 0 spiro atoms. The van der Waals surface area contributed by atoms with Crippen LogP contribution < -0.4 is 10.9 Å². The first-order valence-corrected chi connectivity index (χ1v) is 9.35. The zero-order valence-corrected chi connectivity index (χ0v) is 14.3. The number of H-pyrrole nitrogens is 1. The molecular weight excluding hydrogens is 342 g/mol. The van der Waals surface area contributed by atoms with Gasteiger partial charge in [-0.3, -0.25) is 14.9 Å². The molecule has 2 N–H and O–H groups in total. The monoisotopic (exact) mass is 355 g/mol. The first kappa shape index (κ1) is 15.5. The molecule has 1 atom stereocenters. The molecule has 1 aliphatic heterocycles. The number of aromatic nitrogens is 4. The highest BCUT2D eigenvalue weighted by molar-refractivity contribution is 8.00. The zero-order valence-electron chi connectivity index (χ0n) is 11.9. The number of hydrogen-bond donors (Lipinski definition) is 2. The van der Waals surface area contributed by atoms with Gasteiger partial charge in [-0.05, 0) is 13.8 Å². The predicted octanol–water partition coefficient (Wildman–Crippen LogP) is 1.80. The van der Waals surface area contributed by atoms with E-state index in [4.69, 9.17) is 0 Å². The van der Waals surface area contributed by atoms with Crippen molar-refractivity contribution in [1.82, 2.24) is 20.2 Å². The molecule has 3 heterocycles. The van der Waals surface area contributed by atoms with E-state index in [0.717, 1.165) is 22.0 Å². The van der Waals surface area contributed by atoms with E-state index in [-0.39, 0.29) is 11.5 Å². The van der Waals surface area contributed by atoms with Crippen molar-refractivity contribution in [3.63, 3.8) is 0 Å². The molecule has 2 aromatic heterocycles. The summed E-state index contributed by atoms with van der Waals surface area (Å²) in [6.45, 7) is 3.58. The lowest BCUT2D eigenvalue weighted by molar-refractivity contribution is -0.115. The Bertz CT molecular complexity index is 772. The Morgan fingerprint density at radius 2 is 2.23 bits per heavy atom. The Hall–Kier alpha value is -1.39. The highest BCUT2D eigenvalue weighted by Gasteiger charge is 2.21. The number of rotatable bonds is 4. The molecule has 1 unspecified atom stereocenters. The average molecular weight is 355 g/mol. The maximum absolute atomic E-state index is 12.1. The molecule has 1 aliphatic rings. The molecule has 0 fully saturated rings. The summed E-state index contributed by atoms with van der Waals surface area (Å²) in [4.78, 5) is 31.2. The van der Waals surface area contributed by atoms with Gasteiger partial charge in [0, 0.05) is 17.1 Å². The van der Waals surface area contributed by atoms with Gasteiger partial charge < -0.3 is 4.98 Å². The number of nitrogens with one attached hydrogen (secondary N) is 2. The number of nitrogens with zero attached hydrogens (tertiary/aromatic N) is 3. The third-order valence-electron chi connectivity index (χ3n) is 2.98. The fraction of sp³-hybridized carbons (Fsp3) is 0.417.